The van der Waals surface area contributed by atoms with Crippen LogP contribution in [-0.4, -0.2) is 13.1 Å². The molecule has 0 bridgehead atoms. The van der Waals surface area contributed by atoms with Crippen LogP contribution >= 0.6 is 0 Å². The van der Waals surface area contributed by atoms with E-state index in [1.165, 1.54) is 45.2 Å². The predicted octanol–water partition coefficient (Wildman–Crippen LogP) is 2.81. The van der Waals surface area contributed by atoms with Crippen molar-refractivity contribution in [3.8, 4) is 0 Å². The second kappa shape index (κ2) is 3.61. The molecule has 2 saturated carbocycles. The first-order valence-corrected chi connectivity index (χ1v) is 5.98. The summed E-state index contributed by atoms with van der Waals surface area (Å²) in [4.78, 5) is 0. The molecule has 0 saturated heterocycles. The summed E-state index contributed by atoms with van der Waals surface area (Å²) < 4.78 is 0. The van der Waals surface area contributed by atoms with Crippen molar-refractivity contribution in [2.45, 2.75) is 46.0 Å². The van der Waals surface area contributed by atoms with Crippen LogP contribution < -0.4 is 5.32 Å². The molecule has 1 heteroatoms. The minimum absolute atomic E-state index is 0.662. The predicted molar refractivity (Wildman–Crippen MR) is 56.7 cm³/mol. The molecule has 2 aliphatic rings. The van der Waals surface area contributed by atoms with E-state index in [9.17, 15) is 0 Å². The highest BCUT2D eigenvalue weighted by molar-refractivity contribution is 5.01. The second-order valence-corrected chi connectivity index (χ2v) is 5.23. The van der Waals surface area contributed by atoms with Crippen molar-refractivity contribution >= 4 is 0 Å². The second-order valence-electron chi connectivity index (χ2n) is 5.23. The topological polar surface area (TPSA) is 12.0 Å². The number of rotatable bonds is 6. The molecule has 2 rings (SSSR count). The maximum absolute atomic E-state index is 3.62. The van der Waals surface area contributed by atoms with Gasteiger partial charge < -0.3 is 5.32 Å². The lowest BCUT2D eigenvalue weighted by atomic mass is 9.79. The monoisotopic (exact) mass is 181 g/mol. The van der Waals surface area contributed by atoms with Gasteiger partial charge in [0.05, 0.1) is 0 Å². The number of hydrogen-bond acceptors (Lipinski definition) is 1. The molecule has 0 aromatic heterocycles. The average Bonchev–Trinajstić information content (AvgIpc) is 2.95. The Morgan fingerprint density at radius 2 is 1.69 bits per heavy atom. The summed E-state index contributed by atoms with van der Waals surface area (Å²) in [5.74, 6) is 2.12. The van der Waals surface area contributed by atoms with Crippen molar-refractivity contribution in [3.05, 3.63) is 0 Å². The van der Waals surface area contributed by atoms with E-state index in [1.54, 1.807) is 0 Å². The normalized spacial score (nSPS) is 23.5. The number of hydrogen-bond donors (Lipinski definition) is 1. The fourth-order valence-electron chi connectivity index (χ4n) is 2.64. The van der Waals surface area contributed by atoms with E-state index in [2.05, 4.69) is 19.2 Å². The molecule has 13 heavy (non-hydrogen) atoms. The maximum atomic E-state index is 3.62. The summed E-state index contributed by atoms with van der Waals surface area (Å²) in [5, 5.41) is 3.62. The Hall–Kier alpha value is -0.0400. The van der Waals surface area contributed by atoms with E-state index in [0.29, 0.717) is 5.41 Å². The Labute approximate surface area is 82.3 Å². The third-order valence-electron chi connectivity index (χ3n) is 3.95. The molecule has 0 atom stereocenters. The molecule has 2 fully saturated rings. The number of nitrogens with one attached hydrogen (secondary N) is 1. The highest BCUT2D eigenvalue weighted by Gasteiger charge is 2.50. The highest BCUT2D eigenvalue weighted by atomic mass is 14.9. The van der Waals surface area contributed by atoms with Crippen LogP contribution in [0.1, 0.15) is 46.0 Å². The first kappa shape index (κ1) is 9.51. The van der Waals surface area contributed by atoms with Gasteiger partial charge in [-0.05, 0) is 55.9 Å². The molecule has 1 N–H and O–H groups in total. The summed E-state index contributed by atoms with van der Waals surface area (Å²) in [6, 6.07) is 0. The minimum Gasteiger partial charge on any atom is -0.316 e. The lowest BCUT2D eigenvalue weighted by Crippen LogP contribution is -2.35. The molecule has 2 aliphatic carbocycles. The largest absolute Gasteiger partial charge is 0.316 e. The zero-order chi connectivity index (χ0) is 9.31. The fourth-order valence-corrected chi connectivity index (χ4v) is 2.64. The van der Waals surface area contributed by atoms with Crippen molar-refractivity contribution in [2.75, 3.05) is 13.1 Å². The van der Waals surface area contributed by atoms with Crippen LogP contribution in [0.2, 0.25) is 0 Å². The van der Waals surface area contributed by atoms with E-state index in [1.807, 2.05) is 0 Å². The van der Waals surface area contributed by atoms with Gasteiger partial charge in [-0.25, -0.2) is 0 Å². The molecule has 0 heterocycles. The van der Waals surface area contributed by atoms with Gasteiger partial charge in [0.15, 0.2) is 0 Å². The van der Waals surface area contributed by atoms with Crippen LogP contribution in [0.4, 0.5) is 0 Å². The van der Waals surface area contributed by atoms with Crippen LogP contribution in [0.3, 0.4) is 0 Å². The Morgan fingerprint density at radius 3 is 2.08 bits per heavy atom. The van der Waals surface area contributed by atoms with Gasteiger partial charge in [0.2, 0.25) is 0 Å². The van der Waals surface area contributed by atoms with Gasteiger partial charge >= 0.3 is 0 Å². The van der Waals surface area contributed by atoms with Crippen LogP contribution in [-0.2, 0) is 0 Å². The molecular formula is C12H23N. The van der Waals surface area contributed by atoms with Gasteiger partial charge in [0, 0.05) is 6.54 Å². The van der Waals surface area contributed by atoms with Gasteiger partial charge in [-0.1, -0.05) is 13.8 Å². The van der Waals surface area contributed by atoms with Gasteiger partial charge in [-0.2, -0.15) is 0 Å². The Morgan fingerprint density at radius 1 is 1.15 bits per heavy atom. The Balaban J connectivity index is 1.81. The van der Waals surface area contributed by atoms with Crippen molar-refractivity contribution in [1.82, 2.24) is 5.32 Å². The first-order valence-electron chi connectivity index (χ1n) is 5.98. The van der Waals surface area contributed by atoms with Crippen molar-refractivity contribution < 1.29 is 0 Å². The van der Waals surface area contributed by atoms with Crippen LogP contribution in [0.15, 0.2) is 0 Å². The summed E-state index contributed by atoms with van der Waals surface area (Å²) >= 11 is 0. The molecule has 76 valence electrons. The lowest BCUT2D eigenvalue weighted by Gasteiger charge is -2.30. The zero-order valence-electron chi connectivity index (χ0n) is 9.10. The van der Waals surface area contributed by atoms with E-state index in [4.69, 9.17) is 0 Å². The van der Waals surface area contributed by atoms with Gasteiger partial charge in [-0.3, -0.25) is 0 Å². The quantitative estimate of drug-likeness (QED) is 0.621. The first-order chi connectivity index (χ1) is 6.27. The molecule has 0 unspecified atom stereocenters. The van der Waals surface area contributed by atoms with Crippen LogP contribution in [0.25, 0.3) is 0 Å². The fraction of sp³-hybridized carbons (Fsp3) is 1.00. The van der Waals surface area contributed by atoms with Crippen LogP contribution in [0.5, 0.6) is 0 Å². The van der Waals surface area contributed by atoms with Gasteiger partial charge in [-0.15, -0.1) is 0 Å². The van der Waals surface area contributed by atoms with Crippen LogP contribution in [0, 0.1) is 17.3 Å². The van der Waals surface area contributed by atoms with E-state index >= 15 is 0 Å². The lowest BCUT2D eigenvalue weighted by molar-refractivity contribution is 0.216. The van der Waals surface area contributed by atoms with E-state index in [0.717, 1.165) is 11.8 Å². The molecule has 0 radical (unpaired) electrons. The summed E-state index contributed by atoms with van der Waals surface area (Å²) in [6.45, 7) is 7.24. The van der Waals surface area contributed by atoms with E-state index < -0.39 is 0 Å². The third kappa shape index (κ3) is 2.07. The van der Waals surface area contributed by atoms with Gasteiger partial charge in [0.25, 0.3) is 0 Å². The SMILES string of the molecule is CCCNCC(C)(C1CC1)C1CC1. The standard InChI is InChI=1S/C12H23N/c1-3-8-13-9-12(2,10-4-5-10)11-6-7-11/h10-11,13H,3-9H2,1-2H3. The van der Waals surface area contributed by atoms with Crippen molar-refractivity contribution in [1.29, 1.82) is 0 Å². The molecule has 0 aliphatic heterocycles. The molecule has 1 nitrogen and oxygen atoms in total. The average molecular weight is 181 g/mol. The van der Waals surface area contributed by atoms with Crippen molar-refractivity contribution in [2.24, 2.45) is 17.3 Å². The summed E-state index contributed by atoms with van der Waals surface area (Å²) in [5.41, 5.74) is 0.662. The van der Waals surface area contributed by atoms with Gasteiger partial charge in [0.1, 0.15) is 0 Å². The smallest absolute Gasteiger partial charge is 0.00105 e. The minimum atomic E-state index is 0.662. The van der Waals surface area contributed by atoms with Crippen molar-refractivity contribution in [3.63, 3.8) is 0 Å². The molecule has 0 amide bonds. The Bertz CT molecular complexity index is 156. The molecular weight excluding hydrogens is 158 g/mol. The Kier molecular flexibility index (Phi) is 2.64. The third-order valence-corrected chi connectivity index (χ3v) is 3.95. The highest BCUT2D eigenvalue weighted by Crippen LogP contribution is 2.57. The van der Waals surface area contributed by atoms with E-state index in [-0.39, 0.29) is 0 Å². The molecule has 0 spiro atoms. The summed E-state index contributed by atoms with van der Waals surface area (Å²) in [6.07, 6.45) is 7.27. The summed E-state index contributed by atoms with van der Waals surface area (Å²) in [7, 11) is 0. The maximum Gasteiger partial charge on any atom is 0.00105 e. The zero-order valence-corrected chi connectivity index (χ0v) is 9.10. The molecule has 0 aromatic carbocycles. The molecule has 0 aromatic rings.